The Kier molecular flexibility index (Phi) is 4.72. The Morgan fingerprint density at radius 2 is 1.78 bits per heavy atom. The molecule has 27 heavy (non-hydrogen) atoms. The Balaban J connectivity index is 1.88. The molecule has 1 unspecified atom stereocenters. The zero-order valence-corrected chi connectivity index (χ0v) is 13.3. The van der Waals surface area contributed by atoms with Gasteiger partial charge in [-0.05, 0) is 12.1 Å². The van der Waals surface area contributed by atoms with Crippen molar-refractivity contribution in [2.45, 2.75) is 6.04 Å². The lowest BCUT2D eigenvalue weighted by Crippen LogP contribution is -2.32. The summed E-state index contributed by atoms with van der Waals surface area (Å²) in [6, 6.07) is 4.10. The number of benzene rings is 2. The molecule has 140 valence electrons. The normalized spacial score (nSPS) is 15.9. The van der Waals surface area contributed by atoms with Crippen molar-refractivity contribution in [1.29, 1.82) is 0 Å². The van der Waals surface area contributed by atoms with Crippen LogP contribution in [0.3, 0.4) is 0 Å². The van der Waals surface area contributed by atoms with Gasteiger partial charge in [0.25, 0.3) is 5.91 Å². The number of hydrogen-bond donors (Lipinski definition) is 4. The predicted molar refractivity (Wildman–Crippen MR) is 87.0 cm³/mol. The highest BCUT2D eigenvalue weighted by atomic mass is 19.2. The summed E-state index contributed by atoms with van der Waals surface area (Å²) < 4.78 is 53.5. The third kappa shape index (κ3) is 3.54. The van der Waals surface area contributed by atoms with Gasteiger partial charge < -0.3 is 21.1 Å². The first-order valence-corrected chi connectivity index (χ1v) is 7.49. The summed E-state index contributed by atoms with van der Waals surface area (Å²) in [5.41, 5.74) is -0.523. The van der Waals surface area contributed by atoms with Gasteiger partial charge in [0.2, 0.25) is 0 Å². The molecule has 3 amide bonds. The molecule has 0 aliphatic carbocycles. The fourth-order valence-corrected chi connectivity index (χ4v) is 2.48. The van der Waals surface area contributed by atoms with E-state index < -0.39 is 52.7 Å². The molecule has 0 fully saturated rings. The molecule has 1 heterocycles. The molecular weight excluding hydrogens is 370 g/mol. The van der Waals surface area contributed by atoms with E-state index in [1.165, 1.54) is 12.1 Å². The largest absolute Gasteiger partial charge is 0.503 e. The summed E-state index contributed by atoms with van der Waals surface area (Å²) in [5.74, 6) is -8.62. The first kappa shape index (κ1) is 18.2. The molecule has 1 aliphatic rings. The molecule has 1 aliphatic heterocycles. The van der Waals surface area contributed by atoms with Gasteiger partial charge in [0, 0.05) is 17.3 Å². The van der Waals surface area contributed by atoms with Crippen molar-refractivity contribution >= 4 is 23.3 Å². The smallest absolute Gasteiger partial charge is 0.320 e. The van der Waals surface area contributed by atoms with Crippen molar-refractivity contribution in [1.82, 2.24) is 5.32 Å². The van der Waals surface area contributed by atoms with Gasteiger partial charge >= 0.3 is 6.03 Å². The molecule has 3 rings (SSSR count). The monoisotopic (exact) mass is 381 g/mol. The maximum absolute atomic E-state index is 13.7. The number of urea groups is 1. The van der Waals surface area contributed by atoms with Crippen LogP contribution in [-0.2, 0) is 4.79 Å². The molecule has 0 bridgehead atoms. The number of carbonyl (C=O) groups is 2. The van der Waals surface area contributed by atoms with Gasteiger partial charge in [-0.25, -0.2) is 22.4 Å². The average Bonchev–Trinajstić information content (AvgIpc) is 2.74. The number of para-hydroxylation sites is 1. The van der Waals surface area contributed by atoms with Crippen molar-refractivity contribution in [2.75, 3.05) is 10.6 Å². The Bertz CT molecular complexity index is 978. The van der Waals surface area contributed by atoms with Crippen molar-refractivity contribution < 1.29 is 32.3 Å². The average molecular weight is 381 g/mol. The number of fused-ring (bicyclic) bond motifs is 1. The summed E-state index contributed by atoms with van der Waals surface area (Å²) in [4.78, 5) is 23.8. The highest BCUT2D eigenvalue weighted by Gasteiger charge is 2.25. The molecule has 0 aromatic heterocycles. The lowest BCUT2D eigenvalue weighted by atomic mass is 10.0. The summed E-state index contributed by atoms with van der Waals surface area (Å²) in [5, 5.41) is 16.2. The molecule has 2 aromatic carbocycles. The van der Waals surface area contributed by atoms with Crippen LogP contribution in [0.1, 0.15) is 11.6 Å². The van der Waals surface area contributed by atoms with Crippen molar-refractivity contribution in [3.05, 3.63) is 71.0 Å². The van der Waals surface area contributed by atoms with E-state index in [-0.39, 0.29) is 6.07 Å². The number of nitrogens with one attached hydrogen (secondary N) is 3. The number of aliphatic hydroxyl groups excluding tert-OH is 1. The molecule has 10 heteroatoms. The molecule has 0 spiro atoms. The van der Waals surface area contributed by atoms with E-state index in [0.29, 0.717) is 11.3 Å². The molecule has 0 saturated carbocycles. The fourth-order valence-electron chi connectivity index (χ4n) is 2.48. The van der Waals surface area contributed by atoms with Crippen LogP contribution in [-0.4, -0.2) is 17.0 Å². The zero-order chi connectivity index (χ0) is 19.7. The Morgan fingerprint density at radius 1 is 1.07 bits per heavy atom. The molecule has 4 N–H and O–H groups in total. The predicted octanol–water partition coefficient (Wildman–Crippen LogP) is 3.50. The Labute approximate surface area is 149 Å². The van der Waals surface area contributed by atoms with Gasteiger partial charge in [-0.2, -0.15) is 0 Å². The van der Waals surface area contributed by atoms with Crippen LogP contribution >= 0.6 is 0 Å². The van der Waals surface area contributed by atoms with Gasteiger partial charge in [-0.15, -0.1) is 0 Å². The van der Waals surface area contributed by atoms with E-state index in [1.54, 1.807) is 17.4 Å². The topological polar surface area (TPSA) is 90.5 Å². The second kappa shape index (κ2) is 6.98. The van der Waals surface area contributed by atoms with E-state index in [2.05, 4.69) is 10.6 Å². The highest BCUT2D eigenvalue weighted by Crippen LogP contribution is 2.28. The third-order valence-corrected chi connectivity index (χ3v) is 3.74. The summed E-state index contributed by atoms with van der Waals surface area (Å²) in [7, 11) is 0. The number of carbonyl (C=O) groups excluding carboxylic acids is 2. The lowest BCUT2D eigenvalue weighted by molar-refractivity contribution is -0.115. The maximum Gasteiger partial charge on any atom is 0.320 e. The quantitative estimate of drug-likeness (QED) is 0.365. The van der Waals surface area contributed by atoms with Crippen LogP contribution in [0.2, 0.25) is 0 Å². The van der Waals surface area contributed by atoms with Crippen LogP contribution in [0.5, 0.6) is 0 Å². The second-order valence-corrected chi connectivity index (χ2v) is 5.51. The Hall–Kier alpha value is -3.56. The van der Waals surface area contributed by atoms with E-state index >= 15 is 0 Å². The molecule has 1 atom stereocenters. The maximum atomic E-state index is 13.7. The number of halogens is 4. The van der Waals surface area contributed by atoms with Gasteiger partial charge in [-0.3, -0.25) is 4.79 Å². The molecule has 2 aromatic rings. The van der Waals surface area contributed by atoms with Gasteiger partial charge in [0.05, 0.1) is 6.04 Å². The van der Waals surface area contributed by atoms with Crippen LogP contribution in [0.25, 0.3) is 0 Å². The van der Waals surface area contributed by atoms with Crippen LogP contribution in [0.15, 0.2) is 42.2 Å². The second-order valence-electron chi connectivity index (χ2n) is 5.51. The van der Waals surface area contributed by atoms with Crippen LogP contribution in [0.4, 0.5) is 33.7 Å². The molecular formula is C17H11F4N3O3. The highest BCUT2D eigenvalue weighted by molar-refractivity contribution is 6.03. The summed E-state index contributed by atoms with van der Waals surface area (Å²) >= 11 is 0. The first-order chi connectivity index (χ1) is 12.8. The van der Waals surface area contributed by atoms with E-state index in [0.717, 1.165) is 6.08 Å². The molecule has 0 saturated heterocycles. The first-order valence-electron chi connectivity index (χ1n) is 7.49. The minimum atomic E-state index is -1.95. The number of hydrogen-bond acceptors (Lipinski definition) is 3. The SMILES string of the molecule is O=C(Nc1c(F)cc(F)c(F)c1F)NC1C=C(O)C(=O)Nc2ccccc21. The molecule has 6 nitrogen and oxygen atoms in total. The summed E-state index contributed by atoms with van der Waals surface area (Å²) in [6.45, 7) is 0. The van der Waals surface area contributed by atoms with Crippen LogP contribution < -0.4 is 16.0 Å². The number of rotatable bonds is 2. The minimum absolute atomic E-state index is 0.0866. The number of aliphatic hydroxyl groups is 1. The van der Waals surface area contributed by atoms with Gasteiger partial charge in [0.1, 0.15) is 5.69 Å². The van der Waals surface area contributed by atoms with Crippen molar-refractivity contribution in [3.8, 4) is 0 Å². The van der Waals surface area contributed by atoms with E-state index in [9.17, 15) is 32.3 Å². The lowest BCUT2D eigenvalue weighted by Gasteiger charge is -2.17. The van der Waals surface area contributed by atoms with Gasteiger partial charge in [0.15, 0.2) is 29.0 Å². The van der Waals surface area contributed by atoms with E-state index in [4.69, 9.17) is 0 Å². The molecule has 0 radical (unpaired) electrons. The fraction of sp³-hybridized carbons (Fsp3) is 0.0588. The standard InChI is InChI=1S/C17H11F4N3O3/c18-8-5-9(19)15(14(21)13(8)20)24-17(27)23-11-6-12(25)16(26)22-10-4-2-1-3-7(10)11/h1-6,11,25H,(H,22,26)(H2,23,24,27). The van der Waals surface area contributed by atoms with Crippen molar-refractivity contribution in [3.63, 3.8) is 0 Å². The van der Waals surface area contributed by atoms with E-state index in [1.807, 2.05) is 0 Å². The number of amides is 3. The van der Waals surface area contributed by atoms with Crippen LogP contribution in [0, 0.1) is 23.3 Å². The Morgan fingerprint density at radius 3 is 2.52 bits per heavy atom. The number of anilines is 2. The summed E-state index contributed by atoms with van der Waals surface area (Å²) in [6.07, 6.45) is 1.01. The van der Waals surface area contributed by atoms with Crippen molar-refractivity contribution in [2.24, 2.45) is 0 Å². The zero-order valence-electron chi connectivity index (χ0n) is 13.3. The third-order valence-electron chi connectivity index (χ3n) is 3.74. The minimum Gasteiger partial charge on any atom is -0.503 e. The van der Waals surface area contributed by atoms with Gasteiger partial charge in [-0.1, -0.05) is 18.2 Å².